The van der Waals surface area contributed by atoms with Crippen LogP contribution in [-0.2, 0) is 17.8 Å². The molecule has 0 saturated carbocycles. The maximum Gasteiger partial charge on any atom is 0.393 e. The highest BCUT2D eigenvalue weighted by molar-refractivity contribution is 6.35. The first-order valence-electron chi connectivity index (χ1n) is 13.6. The molecular weight excluding hydrogens is 607 g/mol. The summed E-state index contributed by atoms with van der Waals surface area (Å²) in [7, 11) is 0. The van der Waals surface area contributed by atoms with E-state index in [2.05, 4.69) is 11.6 Å². The minimum absolute atomic E-state index is 0.000123. The zero-order valence-corrected chi connectivity index (χ0v) is 24.0. The number of rotatable bonds is 4. The molecule has 6 rings (SSSR count). The summed E-state index contributed by atoms with van der Waals surface area (Å²) >= 11 is 6.75. The van der Waals surface area contributed by atoms with Crippen LogP contribution < -0.4 is 15.3 Å². The van der Waals surface area contributed by atoms with Gasteiger partial charge in [0, 0.05) is 47.8 Å². The fourth-order valence-corrected chi connectivity index (χ4v) is 6.24. The molecule has 1 aromatic heterocycles. The SMILES string of the molecule is C=CC(=O)N1CCN(c2nc(=O)n(-c3ccccc3CC(F)(F)F)c3c4c(c(Cl)cc23)-c2c(ccc(F)c2F)CO4)[C@@H](C)C1. The van der Waals surface area contributed by atoms with Gasteiger partial charge in [-0.25, -0.2) is 13.6 Å². The molecule has 0 spiro atoms. The van der Waals surface area contributed by atoms with E-state index < -0.39 is 29.9 Å². The molecule has 228 valence electrons. The predicted octanol–water partition coefficient (Wildman–Crippen LogP) is 6.20. The second kappa shape index (κ2) is 10.9. The third kappa shape index (κ3) is 4.96. The standard InChI is InChI=1S/C31H24ClF5N4O3/c1-3-23(42)39-10-11-40(16(2)14-39)29-19-12-20(32)25-24-18(8-9-21(33)26(24)34)15-44-28(25)27(19)41(30(43)38-29)22-7-5-4-6-17(22)13-31(35,36)37/h3-9,12,16H,1,10-11,13-15H2,2H3/t16-/m0/s1. The van der Waals surface area contributed by atoms with E-state index >= 15 is 4.39 Å². The third-order valence-corrected chi connectivity index (χ3v) is 8.17. The average Bonchev–Trinajstić information content (AvgIpc) is 2.98. The fraction of sp³-hybridized carbons (Fsp3) is 0.258. The summed E-state index contributed by atoms with van der Waals surface area (Å²) in [4.78, 5) is 33.9. The molecule has 1 saturated heterocycles. The topological polar surface area (TPSA) is 67.7 Å². The van der Waals surface area contributed by atoms with Gasteiger partial charge in [-0.2, -0.15) is 18.2 Å². The fourth-order valence-electron chi connectivity index (χ4n) is 5.95. The monoisotopic (exact) mass is 630 g/mol. The van der Waals surface area contributed by atoms with E-state index in [9.17, 15) is 27.2 Å². The maximum absolute atomic E-state index is 15.3. The second-order valence-corrected chi connectivity index (χ2v) is 11.1. The molecule has 3 heterocycles. The number of ether oxygens (including phenoxy) is 1. The highest BCUT2D eigenvalue weighted by atomic mass is 35.5. The number of nitrogens with zero attached hydrogens (tertiary/aromatic N) is 4. The second-order valence-electron chi connectivity index (χ2n) is 10.6. The molecule has 44 heavy (non-hydrogen) atoms. The molecule has 2 aliphatic rings. The van der Waals surface area contributed by atoms with Gasteiger partial charge in [0.05, 0.1) is 17.1 Å². The van der Waals surface area contributed by atoms with Gasteiger partial charge in [0.1, 0.15) is 17.9 Å². The molecule has 0 N–H and O–H groups in total. The van der Waals surface area contributed by atoms with Crippen molar-refractivity contribution >= 4 is 34.2 Å². The summed E-state index contributed by atoms with van der Waals surface area (Å²) in [6.07, 6.45) is -4.73. The largest absolute Gasteiger partial charge is 0.486 e. The predicted molar refractivity (Wildman–Crippen MR) is 155 cm³/mol. The summed E-state index contributed by atoms with van der Waals surface area (Å²) in [6.45, 7) is 5.95. The number of benzene rings is 3. The van der Waals surface area contributed by atoms with Crippen LogP contribution in [0.2, 0.25) is 5.02 Å². The molecular formula is C31H24ClF5N4O3. The molecule has 1 atom stereocenters. The Labute approximate surface area is 252 Å². The summed E-state index contributed by atoms with van der Waals surface area (Å²) in [6, 6.07) is 8.89. The van der Waals surface area contributed by atoms with Crippen molar-refractivity contribution in [2.24, 2.45) is 0 Å². The van der Waals surface area contributed by atoms with E-state index in [1.807, 2.05) is 6.92 Å². The Morgan fingerprint density at radius 2 is 1.91 bits per heavy atom. The number of anilines is 1. The van der Waals surface area contributed by atoms with E-state index in [0.717, 1.165) is 10.6 Å². The van der Waals surface area contributed by atoms with Gasteiger partial charge in [-0.3, -0.25) is 9.36 Å². The molecule has 0 radical (unpaired) electrons. The van der Waals surface area contributed by atoms with Crippen LogP contribution in [0.4, 0.5) is 27.8 Å². The Bertz CT molecular complexity index is 1910. The summed E-state index contributed by atoms with van der Waals surface area (Å²) in [5.41, 5.74) is -1.13. The van der Waals surface area contributed by atoms with Gasteiger partial charge in [0.2, 0.25) is 5.91 Å². The number of carbonyl (C=O) groups excluding carboxylic acids is 1. The van der Waals surface area contributed by atoms with Crippen molar-refractivity contribution in [1.82, 2.24) is 14.5 Å². The van der Waals surface area contributed by atoms with Crippen LogP contribution in [0.15, 0.2) is 59.9 Å². The molecule has 1 fully saturated rings. The minimum atomic E-state index is -4.60. The van der Waals surface area contributed by atoms with Crippen LogP contribution in [0.5, 0.6) is 5.75 Å². The van der Waals surface area contributed by atoms with E-state index in [4.69, 9.17) is 16.3 Å². The number of hydrogen-bond acceptors (Lipinski definition) is 5. The van der Waals surface area contributed by atoms with E-state index in [1.54, 1.807) is 9.80 Å². The lowest BCUT2D eigenvalue weighted by Crippen LogP contribution is -2.54. The number of fused-ring (bicyclic) bond motifs is 5. The molecule has 0 aliphatic carbocycles. The van der Waals surface area contributed by atoms with Crippen LogP contribution in [0.25, 0.3) is 27.7 Å². The smallest absolute Gasteiger partial charge is 0.393 e. The molecule has 0 bridgehead atoms. The Balaban J connectivity index is 1.67. The highest BCUT2D eigenvalue weighted by Crippen LogP contribution is 2.49. The quantitative estimate of drug-likeness (QED) is 0.198. The van der Waals surface area contributed by atoms with Crippen molar-refractivity contribution in [3.8, 4) is 22.6 Å². The van der Waals surface area contributed by atoms with Gasteiger partial charge in [0.15, 0.2) is 17.4 Å². The zero-order valence-electron chi connectivity index (χ0n) is 23.2. The molecule has 4 aromatic rings. The lowest BCUT2D eigenvalue weighted by atomic mass is 9.94. The van der Waals surface area contributed by atoms with Crippen LogP contribution in [-0.4, -0.2) is 52.2 Å². The Morgan fingerprint density at radius 3 is 2.61 bits per heavy atom. The molecule has 7 nitrogen and oxygen atoms in total. The highest BCUT2D eigenvalue weighted by Gasteiger charge is 2.35. The maximum atomic E-state index is 15.3. The number of alkyl halides is 3. The van der Waals surface area contributed by atoms with Crippen molar-refractivity contribution in [3.63, 3.8) is 0 Å². The van der Waals surface area contributed by atoms with Gasteiger partial charge in [-0.05, 0) is 36.8 Å². The molecule has 2 aliphatic heterocycles. The Kier molecular flexibility index (Phi) is 7.35. The summed E-state index contributed by atoms with van der Waals surface area (Å²) in [5.74, 6) is -2.50. The Hall–Kier alpha value is -4.45. The summed E-state index contributed by atoms with van der Waals surface area (Å²) in [5, 5.41) is 0.202. The average molecular weight is 631 g/mol. The van der Waals surface area contributed by atoms with Gasteiger partial charge in [-0.1, -0.05) is 42.4 Å². The molecule has 0 unspecified atom stereocenters. The first-order valence-corrected chi connectivity index (χ1v) is 14.0. The van der Waals surface area contributed by atoms with Crippen molar-refractivity contribution < 1.29 is 31.5 Å². The zero-order chi connectivity index (χ0) is 31.5. The Morgan fingerprint density at radius 1 is 1.16 bits per heavy atom. The first kappa shape index (κ1) is 29.6. The molecule has 3 aromatic carbocycles. The van der Waals surface area contributed by atoms with Crippen LogP contribution in [0, 0.1) is 11.6 Å². The van der Waals surface area contributed by atoms with Gasteiger partial charge < -0.3 is 14.5 Å². The van der Waals surface area contributed by atoms with Crippen molar-refractivity contribution in [1.29, 1.82) is 0 Å². The molecule has 1 amide bonds. The van der Waals surface area contributed by atoms with E-state index in [-0.39, 0.29) is 88.1 Å². The third-order valence-electron chi connectivity index (χ3n) is 7.88. The van der Waals surface area contributed by atoms with Gasteiger partial charge >= 0.3 is 11.9 Å². The number of aromatic nitrogens is 2. The number of halogens is 6. The lowest BCUT2D eigenvalue weighted by Gasteiger charge is -2.40. The van der Waals surface area contributed by atoms with Crippen LogP contribution >= 0.6 is 11.6 Å². The normalized spacial score (nSPS) is 16.4. The van der Waals surface area contributed by atoms with Gasteiger partial charge in [-0.15, -0.1) is 0 Å². The van der Waals surface area contributed by atoms with Crippen LogP contribution in [0.3, 0.4) is 0 Å². The first-order chi connectivity index (χ1) is 20.9. The van der Waals surface area contributed by atoms with Crippen LogP contribution in [0.1, 0.15) is 18.1 Å². The number of carbonyl (C=O) groups is 1. The van der Waals surface area contributed by atoms with E-state index in [1.165, 1.54) is 42.5 Å². The van der Waals surface area contributed by atoms with Crippen molar-refractivity contribution in [3.05, 3.63) is 93.4 Å². The lowest BCUT2D eigenvalue weighted by molar-refractivity contribution is -0.127. The number of amides is 1. The van der Waals surface area contributed by atoms with Crippen molar-refractivity contribution in [2.75, 3.05) is 24.5 Å². The molecule has 13 heteroatoms. The van der Waals surface area contributed by atoms with Crippen molar-refractivity contribution in [2.45, 2.75) is 32.2 Å². The van der Waals surface area contributed by atoms with E-state index in [0.29, 0.717) is 5.56 Å². The number of hydrogen-bond donors (Lipinski definition) is 0. The minimum Gasteiger partial charge on any atom is -0.486 e. The van der Waals surface area contributed by atoms with Gasteiger partial charge in [0.25, 0.3) is 0 Å². The number of piperazine rings is 1. The number of para-hydroxylation sites is 1. The summed E-state index contributed by atoms with van der Waals surface area (Å²) < 4.78 is 77.7.